The Hall–Kier alpha value is -1.49. The van der Waals surface area contributed by atoms with Crippen LogP contribution in [0.1, 0.15) is 25.5 Å². The Morgan fingerprint density at radius 1 is 1.50 bits per heavy atom. The van der Waals surface area contributed by atoms with Crippen LogP contribution in [-0.2, 0) is 16.1 Å². The number of esters is 1. The molecule has 0 saturated heterocycles. The van der Waals surface area contributed by atoms with Crippen LogP contribution in [0.15, 0.2) is 18.6 Å². The summed E-state index contributed by atoms with van der Waals surface area (Å²) in [4.78, 5) is 19.1. The SMILES string of the molecule is CCOC(=O)CCCNCc1cnccn1. The van der Waals surface area contributed by atoms with E-state index in [-0.39, 0.29) is 5.97 Å². The Kier molecular flexibility index (Phi) is 6.10. The average molecular weight is 223 g/mol. The minimum absolute atomic E-state index is 0.135. The normalized spacial score (nSPS) is 10.1. The van der Waals surface area contributed by atoms with Crippen molar-refractivity contribution in [3.05, 3.63) is 24.3 Å². The Bertz CT molecular complexity index is 303. The largest absolute Gasteiger partial charge is 0.466 e. The molecule has 5 nitrogen and oxygen atoms in total. The lowest BCUT2D eigenvalue weighted by Crippen LogP contribution is -2.17. The molecule has 1 heterocycles. The number of carbonyl (C=O) groups is 1. The van der Waals surface area contributed by atoms with Crippen molar-refractivity contribution >= 4 is 5.97 Å². The highest BCUT2D eigenvalue weighted by molar-refractivity contribution is 5.69. The van der Waals surface area contributed by atoms with Crippen molar-refractivity contribution in [1.29, 1.82) is 0 Å². The van der Waals surface area contributed by atoms with Gasteiger partial charge in [0.1, 0.15) is 0 Å². The number of nitrogens with zero attached hydrogens (tertiary/aromatic N) is 2. The van der Waals surface area contributed by atoms with E-state index in [2.05, 4.69) is 15.3 Å². The van der Waals surface area contributed by atoms with Crippen LogP contribution >= 0.6 is 0 Å². The van der Waals surface area contributed by atoms with E-state index in [1.807, 2.05) is 6.92 Å². The van der Waals surface area contributed by atoms with E-state index in [0.717, 1.165) is 18.7 Å². The van der Waals surface area contributed by atoms with E-state index in [4.69, 9.17) is 4.74 Å². The fourth-order valence-electron chi connectivity index (χ4n) is 1.23. The van der Waals surface area contributed by atoms with Gasteiger partial charge in [0, 0.05) is 31.6 Å². The van der Waals surface area contributed by atoms with Crippen molar-refractivity contribution in [3.63, 3.8) is 0 Å². The van der Waals surface area contributed by atoms with E-state index in [1.165, 1.54) is 0 Å². The third kappa shape index (κ3) is 5.41. The predicted molar refractivity (Wildman–Crippen MR) is 59.6 cm³/mol. The van der Waals surface area contributed by atoms with Gasteiger partial charge in [0.25, 0.3) is 0 Å². The third-order valence-corrected chi connectivity index (χ3v) is 1.96. The highest BCUT2D eigenvalue weighted by Crippen LogP contribution is 1.93. The molecule has 0 aromatic carbocycles. The van der Waals surface area contributed by atoms with Crippen LogP contribution in [0.4, 0.5) is 0 Å². The van der Waals surface area contributed by atoms with Gasteiger partial charge in [-0.15, -0.1) is 0 Å². The summed E-state index contributed by atoms with van der Waals surface area (Å²) in [5.41, 5.74) is 0.902. The van der Waals surface area contributed by atoms with Crippen molar-refractivity contribution in [2.45, 2.75) is 26.3 Å². The van der Waals surface area contributed by atoms with Gasteiger partial charge >= 0.3 is 5.97 Å². The van der Waals surface area contributed by atoms with E-state index in [1.54, 1.807) is 18.6 Å². The van der Waals surface area contributed by atoms with Gasteiger partial charge in [-0.3, -0.25) is 14.8 Å². The number of carbonyl (C=O) groups excluding carboxylic acids is 1. The zero-order valence-electron chi connectivity index (χ0n) is 9.48. The first kappa shape index (κ1) is 12.6. The quantitative estimate of drug-likeness (QED) is 0.550. The summed E-state index contributed by atoms with van der Waals surface area (Å²) < 4.78 is 4.82. The van der Waals surface area contributed by atoms with Crippen LogP contribution in [0.25, 0.3) is 0 Å². The van der Waals surface area contributed by atoms with Crippen molar-refractivity contribution < 1.29 is 9.53 Å². The smallest absolute Gasteiger partial charge is 0.305 e. The van der Waals surface area contributed by atoms with Gasteiger partial charge in [-0.25, -0.2) is 0 Å². The minimum atomic E-state index is -0.135. The van der Waals surface area contributed by atoms with E-state index < -0.39 is 0 Å². The zero-order chi connectivity index (χ0) is 11.6. The maximum Gasteiger partial charge on any atom is 0.305 e. The number of aromatic nitrogens is 2. The third-order valence-electron chi connectivity index (χ3n) is 1.96. The monoisotopic (exact) mass is 223 g/mol. The molecule has 0 atom stereocenters. The molecule has 0 aliphatic heterocycles. The van der Waals surface area contributed by atoms with Crippen LogP contribution in [0.5, 0.6) is 0 Å². The second-order valence-electron chi connectivity index (χ2n) is 3.28. The Morgan fingerprint density at radius 2 is 2.38 bits per heavy atom. The molecule has 88 valence electrons. The van der Waals surface area contributed by atoms with E-state index in [9.17, 15) is 4.79 Å². The molecule has 0 bridgehead atoms. The van der Waals surface area contributed by atoms with Crippen molar-refractivity contribution in [3.8, 4) is 0 Å². The summed E-state index contributed by atoms with van der Waals surface area (Å²) >= 11 is 0. The molecule has 0 fully saturated rings. The predicted octanol–water partition coefficient (Wildman–Crippen LogP) is 0.909. The number of rotatable bonds is 7. The second-order valence-corrected chi connectivity index (χ2v) is 3.28. The molecule has 0 aliphatic carbocycles. The summed E-state index contributed by atoms with van der Waals surface area (Å²) in [5.74, 6) is -0.135. The minimum Gasteiger partial charge on any atom is -0.466 e. The Morgan fingerprint density at radius 3 is 3.06 bits per heavy atom. The van der Waals surface area contributed by atoms with Crippen LogP contribution in [0.2, 0.25) is 0 Å². The molecule has 0 unspecified atom stereocenters. The zero-order valence-corrected chi connectivity index (χ0v) is 9.48. The molecule has 0 spiro atoms. The van der Waals surface area contributed by atoms with Gasteiger partial charge in [0.05, 0.1) is 12.3 Å². The first-order valence-electron chi connectivity index (χ1n) is 5.44. The number of hydrogen-bond acceptors (Lipinski definition) is 5. The second kappa shape index (κ2) is 7.76. The van der Waals surface area contributed by atoms with E-state index >= 15 is 0 Å². The molecule has 5 heteroatoms. The fourth-order valence-corrected chi connectivity index (χ4v) is 1.23. The van der Waals surface area contributed by atoms with Gasteiger partial charge in [-0.1, -0.05) is 0 Å². The lowest BCUT2D eigenvalue weighted by atomic mass is 10.3. The lowest BCUT2D eigenvalue weighted by molar-refractivity contribution is -0.143. The van der Waals surface area contributed by atoms with Crippen LogP contribution in [-0.4, -0.2) is 29.1 Å². The average Bonchev–Trinajstić information content (AvgIpc) is 2.30. The lowest BCUT2D eigenvalue weighted by Gasteiger charge is -2.03. The van der Waals surface area contributed by atoms with Gasteiger partial charge in [0.2, 0.25) is 0 Å². The fraction of sp³-hybridized carbons (Fsp3) is 0.545. The highest BCUT2D eigenvalue weighted by atomic mass is 16.5. The number of ether oxygens (including phenoxy) is 1. The number of nitrogens with one attached hydrogen (secondary N) is 1. The van der Waals surface area contributed by atoms with Gasteiger partial charge in [0.15, 0.2) is 0 Å². The van der Waals surface area contributed by atoms with Crippen molar-refractivity contribution in [2.75, 3.05) is 13.2 Å². The molecule has 1 N–H and O–H groups in total. The summed E-state index contributed by atoms with van der Waals surface area (Å²) in [6, 6.07) is 0. The van der Waals surface area contributed by atoms with Gasteiger partial charge in [-0.2, -0.15) is 0 Å². The highest BCUT2D eigenvalue weighted by Gasteiger charge is 2.00. The van der Waals surface area contributed by atoms with Crippen LogP contribution in [0, 0.1) is 0 Å². The summed E-state index contributed by atoms with van der Waals surface area (Å²) in [6.45, 7) is 3.71. The molecule has 1 aromatic rings. The number of hydrogen-bond donors (Lipinski definition) is 1. The molecular weight excluding hydrogens is 206 g/mol. The Labute approximate surface area is 95.3 Å². The van der Waals surface area contributed by atoms with Crippen LogP contribution < -0.4 is 5.32 Å². The Balaban J connectivity index is 2.02. The van der Waals surface area contributed by atoms with Gasteiger partial charge in [-0.05, 0) is 19.9 Å². The topological polar surface area (TPSA) is 64.1 Å². The first-order valence-corrected chi connectivity index (χ1v) is 5.44. The molecule has 1 aromatic heterocycles. The molecule has 0 aliphatic rings. The molecule has 0 radical (unpaired) electrons. The summed E-state index contributed by atoms with van der Waals surface area (Å²) in [6.07, 6.45) is 6.26. The van der Waals surface area contributed by atoms with E-state index in [0.29, 0.717) is 19.6 Å². The van der Waals surface area contributed by atoms with Crippen molar-refractivity contribution in [2.24, 2.45) is 0 Å². The molecule has 1 rings (SSSR count). The summed E-state index contributed by atoms with van der Waals surface area (Å²) in [5, 5.41) is 3.19. The molecular formula is C11H17N3O2. The maximum atomic E-state index is 11.0. The van der Waals surface area contributed by atoms with Crippen molar-refractivity contribution in [1.82, 2.24) is 15.3 Å². The summed E-state index contributed by atoms with van der Waals surface area (Å²) in [7, 11) is 0. The molecule has 0 saturated carbocycles. The first-order chi connectivity index (χ1) is 7.83. The van der Waals surface area contributed by atoms with Gasteiger partial charge < -0.3 is 10.1 Å². The maximum absolute atomic E-state index is 11.0. The standard InChI is InChI=1S/C11H17N3O2/c1-2-16-11(15)4-3-5-12-8-10-9-13-6-7-14-10/h6-7,9,12H,2-5,8H2,1H3. The molecule has 16 heavy (non-hydrogen) atoms. The van der Waals surface area contributed by atoms with Crippen LogP contribution in [0.3, 0.4) is 0 Å². The molecule has 0 amide bonds.